The molecular weight excluding hydrogens is 337 g/mol. The highest BCUT2D eigenvalue weighted by Gasteiger charge is 2.30. The molecule has 0 saturated heterocycles. The molecular formula is C17H15F3N2O3. The maximum atomic E-state index is 12.7. The molecule has 0 aliphatic heterocycles. The van der Waals surface area contributed by atoms with Crippen molar-refractivity contribution in [1.82, 2.24) is 0 Å². The largest absolute Gasteiger partial charge is 0.450 e. The Kier molecular flexibility index (Phi) is 5.63. The fourth-order valence-electron chi connectivity index (χ4n) is 1.96. The Morgan fingerprint density at radius 3 is 2.16 bits per heavy atom. The first kappa shape index (κ1) is 18.3. The SMILES string of the molecule is CCOC(=O)Nc1ccc(NC(=O)c2cccc(C(F)(F)F)c2)cc1. The summed E-state index contributed by atoms with van der Waals surface area (Å²) in [5.74, 6) is -0.669. The van der Waals surface area contributed by atoms with Gasteiger partial charge in [0.15, 0.2) is 0 Å². The Hall–Kier alpha value is -3.03. The van der Waals surface area contributed by atoms with Crippen LogP contribution in [0.2, 0.25) is 0 Å². The van der Waals surface area contributed by atoms with E-state index in [-0.39, 0.29) is 12.2 Å². The number of carbonyl (C=O) groups excluding carboxylic acids is 2. The number of amides is 2. The third kappa shape index (κ3) is 5.23. The van der Waals surface area contributed by atoms with E-state index in [9.17, 15) is 22.8 Å². The average Bonchev–Trinajstić information content (AvgIpc) is 2.56. The van der Waals surface area contributed by atoms with Gasteiger partial charge in [-0.3, -0.25) is 10.1 Å². The van der Waals surface area contributed by atoms with E-state index in [1.807, 2.05) is 0 Å². The zero-order chi connectivity index (χ0) is 18.4. The van der Waals surface area contributed by atoms with Gasteiger partial charge < -0.3 is 10.1 Å². The van der Waals surface area contributed by atoms with Crippen LogP contribution >= 0.6 is 0 Å². The number of benzene rings is 2. The van der Waals surface area contributed by atoms with Crippen LogP contribution in [0.25, 0.3) is 0 Å². The average molecular weight is 352 g/mol. The van der Waals surface area contributed by atoms with E-state index in [4.69, 9.17) is 4.74 Å². The van der Waals surface area contributed by atoms with Gasteiger partial charge in [0.1, 0.15) is 0 Å². The second-order valence-electron chi connectivity index (χ2n) is 4.96. The summed E-state index contributed by atoms with van der Waals surface area (Å²) >= 11 is 0. The number of hydrogen-bond donors (Lipinski definition) is 2. The lowest BCUT2D eigenvalue weighted by molar-refractivity contribution is -0.137. The topological polar surface area (TPSA) is 67.4 Å². The minimum Gasteiger partial charge on any atom is -0.450 e. The van der Waals surface area contributed by atoms with Gasteiger partial charge in [-0.25, -0.2) is 4.79 Å². The molecule has 0 fully saturated rings. The van der Waals surface area contributed by atoms with Crippen LogP contribution in [-0.4, -0.2) is 18.6 Å². The first-order valence-electron chi connectivity index (χ1n) is 7.32. The number of carbonyl (C=O) groups is 2. The first-order chi connectivity index (χ1) is 11.8. The fourth-order valence-corrected chi connectivity index (χ4v) is 1.96. The molecule has 0 bridgehead atoms. The molecule has 0 unspecified atom stereocenters. The summed E-state index contributed by atoms with van der Waals surface area (Å²) < 4.78 is 42.8. The molecule has 2 amide bonds. The fraction of sp³-hybridized carbons (Fsp3) is 0.176. The summed E-state index contributed by atoms with van der Waals surface area (Å²) in [4.78, 5) is 23.4. The van der Waals surface area contributed by atoms with E-state index < -0.39 is 23.7 Å². The Balaban J connectivity index is 2.05. The second kappa shape index (κ2) is 7.69. The minimum atomic E-state index is -4.52. The van der Waals surface area contributed by atoms with Crippen LogP contribution in [0.4, 0.5) is 29.3 Å². The van der Waals surface area contributed by atoms with Crippen LogP contribution in [0.15, 0.2) is 48.5 Å². The highest BCUT2D eigenvalue weighted by atomic mass is 19.4. The molecule has 0 spiro atoms. The van der Waals surface area contributed by atoms with Gasteiger partial charge >= 0.3 is 12.3 Å². The van der Waals surface area contributed by atoms with Crippen molar-refractivity contribution >= 4 is 23.4 Å². The zero-order valence-corrected chi connectivity index (χ0v) is 13.2. The highest BCUT2D eigenvalue weighted by molar-refractivity contribution is 6.04. The molecule has 5 nitrogen and oxygen atoms in total. The molecule has 0 aromatic heterocycles. The van der Waals surface area contributed by atoms with E-state index >= 15 is 0 Å². The lowest BCUT2D eigenvalue weighted by Gasteiger charge is -2.10. The predicted octanol–water partition coefficient (Wildman–Crippen LogP) is 4.53. The predicted molar refractivity (Wildman–Crippen MR) is 86.5 cm³/mol. The summed E-state index contributed by atoms with van der Waals surface area (Å²) in [5, 5.41) is 4.97. The van der Waals surface area contributed by atoms with Crippen LogP contribution in [0, 0.1) is 0 Å². The lowest BCUT2D eigenvalue weighted by atomic mass is 10.1. The molecule has 25 heavy (non-hydrogen) atoms. The number of alkyl halides is 3. The summed E-state index contributed by atoms with van der Waals surface area (Å²) in [7, 11) is 0. The third-order valence-corrected chi connectivity index (χ3v) is 3.12. The highest BCUT2D eigenvalue weighted by Crippen LogP contribution is 2.29. The number of hydrogen-bond acceptors (Lipinski definition) is 3. The Bertz CT molecular complexity index is 758. The lowest BCUT2D eigenvalue weighted by Crippen LogP contribution is -2.14. The van der Waals surface area contributed by atoms with Crippen LogP contribution in [-0.2, 0) is 10.9 Å². The number of rotatable bonds is 4. The molecule has 2 aromatic rings. The summed E-state index contributed by atoms with van der Waals surface area (Å²) in [6.07, 6.45) is -5.13. The van der Waals surface area contributed by atoms with Gasteiger partial charge in [-0.05, 0) is 49.4 Å². The van der Waals surface area contributed by atoms with Crippen LogP contribution in [0.3, 0.4) is 0 Å². The van der Waals surface area contributed by atoms with E-state index in [2.05, 4.69) is 10.6 Å². The van der Waals surface area contributed by atoms with Crippen molar-refractivity contribution in [3.8, 4) is 0 Å². The minimum absolute atomic E-state index is 0.108. The van der Waals surface area contributed by atoms with Gasteiger partial charge in [0.25, 0.3) is 5.91 Å². The molecule has 2 rings (SSSR count). The molecule has 2 N–H and O–H groups in total. The van der Waals surface area contributed by atoms with Gasteiger partial charge in [-0.15, -0.1) is 0 Å². The zero-order valence-electron chi connectivity index (χ0n) is 13.2. The number of anilines is 2. The molecule has 0 aliphatic rings. The van der Waals surface area contributed by atoms with Gasteiger partial charge in [0, 0.05) is 16.9 Å². The van der Waals surface area contributed by atoms with Crippen molar-refractivity contribution in [2.24, 2.45) is 0 Å². The van der Waals surface area contributed by atoms with Crippen molar-refractivity contribution in [2.75, 3.05) is 17.2 Å². The summed E-state index contributed by atoms with van der Waals surface area (Å²) in [6.45, 7) is 1.91. The molecule has 0 aliphatic carbocycles. The first-order valence-corrected chi connectivity index (χ1v) is 7.32. The van der Waals surface area contributed by atoms with Crippen LogP contribution in [0.1, 0.15) is 22.8 Å². The van der Waals surface area contributed by atoms with Crippen molar-refractivity contribution in [1.29, 1.82) is 0 Å². The molecule has 0 radical (unpaired) electrons. The van der Waals surface area contributed by atoms with Crippen molar-refractivity contribution in [2.45, 2.75) is 13.1 Å². The van der Waals surface area contributed by atoms with Crippen molar-refractivity contribution < 1.29 is 27.5 Å². The normalized spacial score (nSPS) is 10.9. The van der Waals surface area contributed by atoms with E-state index in [0.717, 1.165) is 12.1 Å². The summed E-state index contributed by atoms with van der Waals surface area (Å²) in [6, 6.07) is 10.2. The maximum absolute atomic E-state index is 12.7. The number of nitrogens with one attached hydrogen (secondary N) is 2. The summed E-state index contributed by atoms with van der Waals surface area (Å²) in [5.41, 5.74) is -0.176. The van der Waals surface area contributed by atoms with E-state index in [1.54, 1.807) is 6.92 Å². The number of ether oxygens (including phenoxy) is 1. The van der Waals surface area contributed by atoms with E-state index in [1.165, 1.54) is 36.4 Å². The van der Waals surface area contributed by atoms with Gasteiger partial charge in [-0.1, -0.05) is 6.07 Å². The molecule has 0 saturated carbocycles. The maximum Gasteiger partial charge on any atom is 0.416 e. The molecule has 0 atom stereocenters. The van der Waals surface area contributed by atoms with Crippen molar-refractivity contribution in [3.63, 3.8) is 0 Å². The molecule has 8 heteroatoms. The van der Waals surface area contributed by atoms with Crippen molar-refractivity contribution in [3.05, 3.63) is 59.7 Å². The van der Waals surface area contributed by atoms with Gasteiger partial charge in [0.2, 0.25) is 0 Å². The molecule has 132 valence electrons. The molecule has 2 aromatic carbocycles. The number of halogens is 3. The van der Waals surface area contributed by atoms with Gasteiger partial charge in [-0.2, -0.15) is 13.2 Å². The van der Waals surface area contributed by atoms with Crippen LogP contribution < -0.4 is 10.6 Å². The standard InChI is InChI=1S/C17H15F3N2O3/c1-2-25-16(24)22-14-8-6-13(7-9-14)21-15(23)11-4-3-5-12(10-11)17(18,19)20/h3-10H,2H2,1H3,(H,21,23)(H,22,24). The Morgan fingerprint density at radius 2 is 1.60 bits per heavy atom. The third-order valence-electron chi connectivity index (χ3n) is 3.12. The Labute approximate surface area is 141 Å². The van der Waals surface area contributed by atoms with Crippen LogP contribution in [0.5, 0.6) is 0 Å². The Morgan fingerprint density at radius 1 is 1.00 bits per heavy atom. The second-order valence-corrected chi connectivity index (χ2v) is 4.96. The molecule has 0 heterocycles. The monoisotopic (exact) mass is 352 g/mol. The smallest absolute Gasteiger partial charge is 0.416 e. The van der Waals surface area contributed by atoms with Gasteiger partial charge in [0.05, 0.1) is 12.2 Å². The quantitative estimate of drug-likeness (QED) is 0.850. The van der Waals surface area contributed by atoms with E-state index in [0.29, 0.717) is 11.4 Å².